The number of carbonyl (C=O) groups excluding carboxylic acids is 6. The van der Waals surface area contributed by atoms with Gasteiger partial charge in [0.25, 0.3) is 5.91 Å². The van der Waals surface area contributed by atoms with Gasteiger partial charge in [0.1, 0.15) is 17.6 Å². The van der Waals surface area contributed by atoms with Crippen LogP contribution in [0, 0.1) is 28.6 Å². The first-order valence-electron chi connectivity index (χ1n) is 16.0. The smallest absolute Gasteiger partial charge is 0.316 e. The molecule has 1 heterocycles. The zero-order chi connectivity index (χ0) is 32.6. The molecule has 4 rings (SSSR count). The van der Waals surface area contributed by atoms with Crippen molar-refractivity contribution >= 4 is 35.4 Å². The van der Waals surface area contributed by atoms with Crippen LogP contribution in [-0.2, 0) is 24.0 Å². The second-order valence-corrected chi connectivity index (χ2v) is 14.9. The number of nitrogens with two attached hydrogens (primary N) is 1. The summed E-state index contributed by atoms with van der Waals surface area (Å²) in [6.45, 7) is 13.8. The summed E-state index contributed by atoms with van der Waals surface area (Å²) in [4.78, 5) is 80.6. The van der Waals surface area contributed by atoms with E-state index in [0.29, 0.717) is 25.8 Å². The quantitative estimate of drug-likeness (QED) is 0.164. The fourth-order valence-corrected chi connectivity index (χ4v) is 7.26. The lowest BCUT2D eigenvalue weighted by Gasteiger charge is -2.40. The van der Waals surface area contributed by atoms with Crippen molar-refractivity contribution in [3.05, 3.63) is 12.7 Å². The van der Waals surface area contributed by atoms with E-state index in [1.54, 1.807) is 6.08 Å². The molecule has 1 saturated heterocycles. The topological polar surface area (TPSA) is 180 Å². The molecule has 0 aromatic rings. The molecule has 5 atom stereocenters. The number of urea groups is 1. The van der Waals surface area contributed by atoms with Gasteiger partial charge >= 0.3 is 6.03 Å². The normalized spacial score (nSPS) is 26.3. The van der Waals surface area contributed by atoms with E-state index in [4.69, 9.17) is 5.73 Å². The number of ketones is 1. The molecule has 0 aromatic heterocycles. The molecule has 0 spiro atoms. The summed E-state index contributed by atoms with van der Waals surface area (Å²) in [5.74, 6) is -2.94. The standard InChI is InChI=1S/C32H50N6O6/c1-7-15-34-28(43)32(13-9-8-10-14-32)37-29(44)36-24(30(2,3)4)27(42)38-17-19-21(31(19,5)6)22(38)26(41)35-20(16-18-11-12-18)23(39)25(33)40/h7,18-22,24H,1,8-17H2,2-6H3,(H2,33,40)(H,34,43)(H,35,41)(H2,36,37,44)/t19-,20?,21-,22-,24+/m0/s1. The van der Waals surface area contributed by atoms with E-state index in [2.05, 4.69) is 41.7 Å². The molecule has 44 heavy (non-hydrogen) atoms. The van der Waals surface area contributed by atoms with E-state index in [1.165, 1.54) is 4.90 Å². The Labute approximate surface area is 260 Å². The minimum atomic E-state index is -1.10. The molecule has 4 aliphatic rings. The van der Waals surface area contributed by atoms with Crippen molar-refractivity contribution in [1.82, 2.24) is 26.2 Å². The van der Waals surface area contributed by atoms with Gasteiger partial charge < -0.3 is 31.9 Å². The summed E-state index contributed by atoms with van der Waals surface area (Å²) in [6.07, 6.45) is 7.25. The van der Waals surface area contributed by atoms with Gasteiger partial charge in [-0.25, -0.2) is 4.79 Å². The zero-order valence-electron chi connectivity index (χ0n) is 26.8. The molecule has 0 bridgehead atoms. The molecule has 244 valence electrons. The number of likely N-dealkylation sites (tertiary alicyclic amines) is 1. The monoisotopic (exact) mass is 614 g/mol. The number of nitrogens with zero attached hydrogens (tertiary/aromatic N) is 1. The van der Waals surface area contributed by atoms with Gasteiger partial charge in [0, 0.05) is 13.1 Å². The number of hydrogen-bond donors (Lipinski definition) is 5. The summed E-state index contributed by atoms with van der Waals surface area (Å²) in [5.41, 5.74) is 3.27. The van der Waals surface area contributed by atoms with Crippen LogP contribution in [0.1, 0.15) is 86.0 Å². The number of piperidine rings is 1. The first-order chi connectivity index (χ1) is 20.5. The average Bonchev–Trinajstić information content (AvgIpc) is 3.80. The molecule has 1 aliphatic heterocycles. The van der Waals surface area contributed by atoms with Crippen LogP contribution < -0.4 is 27.0 Å². The highest BCUT2D eigenvalue weighted by molar-refractivity contribution is 6.37. The van der Waals surface area contributed by atoms with E-state index >= 15 is 0 Å². The third-order valence-electron chi connectivity index (χ3n) is 10.2. The van der Waals surface area contributed by atoms with Crippen molar-refractivity contribution in [1.29, 1.82) is 0 Å². The second-order valence-electron chi connectivity index (χ2n) is 14.9. The van der Waals surface area contributed by atoms with Gasteiger partial charge in [-0.15, -0.1) is 6.58 Å². The third kappa shape index (κ3) is 6.94. The summed E-state index contributed by atoms with van der Waals surface area (Å²) in [6, 6.07) is -3.54. The van der Waals surface area contributed by atoms with E-state index in [-0.39, 0.29) is 35.6 Å². The number of fused-ring (bicyclic) bond motifs is 1. The molecule has 3 aliphatic carbocycles. The Bertz CT molecular complexity index is 1200. The fraction of sp³-hybridized carbons (Fsp3) is 0.750. The summed E-state index contributed by atoms with van der Waals surface area (Å²) < 4.78 is 0. The maximum atomic E-state index is 14.3. The van der Waals surface area contributed by atoms with Crippen molar-refractivity contribution in [2.24, 2.45) is 34.3 Å². The highest BCUT2D eigenvalue weighted by Gasteiger charge is 2.70. The summed E-state index contributed by atoms with van der Waals surface area (Å²) in [7, 11) is 0. The van der Waals surface area contributed by atoms with Crippen LogP contribution in [0.5, 0.6) is 0 Å². The molecule has 6 N–H and O–H groups in total. The molecular formula is C32H50N6O6. The molecular weight excluding hydrogens is 564 g/mol. The average molecular weight is 615 g/mol. The lowest BCUT2D eigenvalue weighted by molar-refractivity contribution is -0.145. The Kier molecular flexibility index (Phi) is 9.51. The number of nitrogens with one attached hydrogen (secondary N) is 4. The van der Waals surface area contributed by atoms with E-state index in [1.807, 2.05) is 20.8 Å². The minimum Gasteiger partial charge on any atom is -0.363 e. The number of rotatable bonds is 12. The number of amides is 6. The van der Waals surface area contributed by atoms with Gasteiger partial charge in [0.05, 0.1) is 6.04 Å². The van der Waals surface area contributed by atoms with E-state index in [9.17, 15) is 28.8 Å². The Morgan fingerprint density at radius 2 is 1.66 bits per heavy atom. The maximum absolute atomic E-state index is 14.3. The summed E-state index contributed by atoms with van der Waals surface area (Å²) in [5, 5.41) is 11.3. The van der Waals surface area contributed by atoms with Gasteiger partial charge in [-0.1, -0.05) is 72.8 Å². The van der Waals surface area contributed by atoms with Crippen LogP contribution in [0.4, 0.5) is 4.79 Å². The van der Waals surface area contributed by atoms with Crippen molar-refractivity contribution in [2.45, 2.75) is 110 Å². The highest BCUT2D eigenvalue weighted by Crippen LogP contribution is 2.65. The second kappa shape index (κ2) is 12.5. The molecule has 0 aromatic carbocycles. The molecule has 12 heteroatoms. The molecule has 12 nitrogen and oxygen atoms in total. The largest absolute Gasteiger partial charge is 0.363 e. The van der Waals surface area contributed by atoms with Crippen LogP contribution in [0.3, 0.4) is 0 Å². The Balaban J connectivity index is 1.53. The van der Waals surface area contributed by atoms with E-state index < -0.39 is 58.6 Å². The van der Waals surface area contributed by atoms with Gasteiger partial charge in [-0.2, -0.15) is 0 Å². The van der Waals surface area contributed by atoms with Crippen molar-refractivity contribution < 1.29 is 28.8 Å². The zero-order valence-corrected chi connectivity index (χ0v) is 26.8. The molecule has 0 radical (unpaired) electrons. The van der Waals surface area contributed by atoms with Gasteiger partial charge in [-0.3, -0.25) is 24.0 Å². The molecule has 4 fully saturated rings. The van der Waals surface area contributed by atoms with Crippen molar-refractivity contribution in [3.63, 3.8) is 0 Å². The van der Waals surface area contributed by atoms with Gasteiger partial charge in [-0.05, 0) is 47.8 Å². The predicted molar refractivity (Wildman–Crippen MR) is 164 cm³/mol. The number of primary amides is 1. The van der Waals surface area contributed by atoms with E-state index in [0.717, 1.165) is 32.1 Å². The number of carbonyl (C=O) groups is 6. The SMILES string of the molecule is C=CCNC(=O)C1(NC(=O)N[C@H](C(=O)N2C[C@H]3[C@@H]([C@H]2C(=O)NC(CC2CC2)C(=O)C(N)=O)C3(C)C)C(C)(C)C)CCCCC1. The van der Waals surface area contributed by atoms with Crippen LogP contribution in [0.25, 0.3) is 0 Å². The molecule has 6 amide bonds. The third-order valence-corrected chi connectivity index (χ3v) is 10.2. The van der Waals surface area contributed by atoms with Crippen LogP contribution >= 0.6 is 0 Å². The van der Waals surface area contributed by atoms with Gasteiger partial charge in [0.15, 0.2) is 0 Å². The molecule has 3 saturated carbocycles. The fourth-order valence-electron chi connectivity index (χ4n) is 7.26. The molecule has 1 unspecified atom stereocenters. The lowest BCUT2D eigenvalue weighted by atomic mass is 9.80. The Morgan fingerprint density at radius 3 is 2.20 bits per heavy atom. The minimum absolute atomic E-state index is 0.0735. The Morgan fingerprint density at radius 1 is 1.02 bits per heavy atom. The van der Waals surface area contributed by atoms with Crippen LogP contribution in [0.15, 0.2) is 12.7 Å². The van der Waals surface area contributed by atoms with Crippen molar-refractivity contribution in [3.8, 4) is 0 Å². The highest BCUT2D eigenvalue weighted by atomic mass is 16.2. The van der Waals surface area contributed by atoms with Crippen molar-refractivity contribution in [2.75, 3.05) is 13.1 Å². The van der Waals surface area contributed by atoms with Crippen LogP contribution in [0.2, 0.25) is 0 Å². The lowest BCUT2D eigenvalue weighted by Crippen LogP contribution is -2.65. The summed E-state index contributed by atoms with van der Waals surface area (Å²) >= 11 is 0. The first kappa shape index (κ1) is 33.5. The predicted octanol–water partition coefficient (Wildman–Crippen LogP) is 1.53. The number of hydrogen-bond acceptors (Lipinski definition) is 6. The first-order valence-corrected chi connectivity index (χ1v) is 16.0. The Hall–Kier alpha value is -3.44. The van der Waals surface area contributed by atoms with Crippen LogP contribution in [-0.4, -0.2) is 77.1 Å². The van der Waals surface area contributed by atoms with Gasteiger partial charge in [0.2, 0.25) is 23.5 Å². The number of Topliss-reactive ketones (excluding diaryl/α,β-unsaturated/α-hetero) is 1. The maximum Gasteiger partial charge on any atom is 0.316 e.